The van der Waals surface area contributed by atoms with Gasteiger partial charge in [-0.1, -0.05) is 12.1 Å². The number of nitrogens with zero attached hydrogens (tertiary/aromatic N) is 2. The summed E-state index contributed by atoms with van der Waals surface area (Å²) >= 11 is 1.89. The molecule has 1 unspecified atom stereocenters. The van der Waals surface area contributed by atoms with E-state index in [1.165, 1.54) is 0 Å². The molecule has 1 saturated heterocycles. The molecule has 4 rings (SSSR count). The minimum absolute atomic E-state index is 0. The number of carbonyl (C=O) groups is 1. The number of nitrogens with one attached hydrogen (secondary N) is 2. The van der Waals surface area contributed by atoms with Gasteiger partial charge in [0.2, 0.25) is 5.91 Å². The number of anilines is 1. The van der Waals surface area contributed by atoms with E-state index in [9.17, 15) is 4.79 Å². The number of imidazole rings is 1. The number of fused-ring (bicyclic) bond motifs is 1. The first-order chi connectivity index (χ1) is 13.3. The highest BCUT2D eigenvalue weighted by molar-refractivity contribution is 7.99. The first kappa shape index (κ1) is 23.3. The molecule has 1 aliphatic heterocycles. The Kier molecular flexibility index (Phi) is 9.10. The van der Waals surface area contributed by atoms with E-state index in [0.717, 1.165) is 35.1 Å². The fraction of sp³-hybridized carbons (Fsp3) is 0.300. The molecule has 3 heterocycles. The van der Waals surface area contributed by atoms with Gasteiger partial charge in [0, 0.05) is 54.7 Å². The number of ether oxygens (including phenoxy) is 1. The average Bonchev–Trinajstić information content (AvgIpc) is 3.10. The maximum Gasteiger partial charge on any atom is 0.225 e. The molecule has 6 nitrogen and oxygen atoms in total. The second-order valence-electron chi connectivity index (χ2n) is 6.49. The summed E-state index contributed by atoms with van der Waals surface area (Å²) in [6, 6.07) is 13.6. The first-order valence-corrected chi connectivity index (χ1v) is 10.2. The van der Waals surface area contributed by atoms with E-state index >= 15 is 0 Å². The van der Waals surface area contributed by atoms with E-state index in [4.69, 9.17) is 4.74 Å². The zero-order valence-corrected chi connectivity index (χ0v) is 18.2. The van der Waals surface area contributed by atoms with Gasteiger partial charge in [-0.3, -0.25) is 4.79 Å². The molecule has 2 aromatic heterocycles. The molecule has 0 radical (unpaired) electrons. The topological polar surface area (TPSA) is 67.7 Å². The molecular formula is C20H24Cl2N4O2S. The number of rotatable bonds is 6. The Morgan fingerprint density at radius 2 is 2.17 bits per heavy atom. The lowest BCUT2D eigenvalue weighted by Crippen LogP contribution is -2.39. The molecule has 1 fully saturated rings. The molecule has 1 aromatic carbocycles. The summed E-state index contributed by atoms with van der Waals surface area (Å²) in [5.74, 6) is 2.82. The Balaban J connectivity index is 0.00000150. The van der Waals surface area contributed by atoms with E-state index in [1.54, 1.807) is 0 Å². The molecule has 0 spiro atoms. The number of pyridine rings is 1. The number of thioether (sulfide) groups is 1. The van der Waals surface area contributed by atoms with Gasteiger partial charge in [0.05, 0.1) is 5.69 Å². The fourth-order valence-corrected chi connectivity index (χ4v) is 4.01. The van der Waals surface area contributed by atoms with Crippen LogP contribution in [0.2, 0.25) is 0 Å². The van der Waals surface area contributed by atoms with Gasteiger partial charge >= 0.3 is 0 Å². The molecule has 0 aliphatic carbocycles. The van der Waals surface area contributed by atoms with Gasteiger partial charge in [-0.2, -0.15) is 11.8 Å². The molecule has 156 valence electrons. The van der Waals surface area contributed by atoms with E-state index in [-0.39, 0.29) is 36.8 Å². The number of aromatic nitrogens is 2. The molecule has 1 amide bonds. The van der Waals surface area contributed by atoms with E-state index in [2.05, 4.69) is 15.6 Å². The quantitative estimate of drug-likeness (QED) is 0.592. The van der Waals surface area contributed by atoms with Crippen molar-refractivity contribution in [3.63, 3.8) is 0 Å². The van der Waals surface area contributed by atoms with Crippen LogP contribution in [-0.4, -0.2) is 39.4 Å². The van der Waals surface area contributed by atoms with Crippen LogP contribution in [0.15, 0.2) is 54.9 Å². The third-order valence-corrected chi connectivity index (χ3v) is 5.48. The Labute approximate surface area is 186 Å². The van der Waals surface area contributed by atoms with Crippen molar-refractivity contribution >= 4 is 53.8 Å². The second kappa shape index (κ2) is 11.3. The van der Waals surface area contributed by atoms with Crippen LogP contribution in [0.3, 0.4) is 0 Å². The normalized spacial score (nSPS) is 15.8. The molecule has 9 heteroatoms. The predicted octanol–water partition coefficient (Wildman–Crippen LogP) is 3.79. The highest BCUT2D eigenvalue weighted by atomic mass is 35.5. The highest BCUT2D eigenvalue weighted by Gasteiger charge is 2.16. The van der Waals surface area contributed by atoms with Crippen molar-refractivity contribution in [3.8, 4) is 5.75 Å². The highest BCUT2D eigenvalue weighted by Crippen LogP contribution is 2.19. The molecule has 29 heavy (non-hydrogen) atoms. The molecule has 0 saturated carbocycles. The van der Waals surface area contributed by atoms with Crippen LogP contribution in [0.1, 0.15) is 12.1 Å². The first-order valence-electron chi connectivity index (χ1n) is 9.03. The molecule has 2 N–H and O–H groups in total. The number of amides is 1. The number of halogens is 2. The van der Waals surface area contributed by atoms with Gasteiger partial charge in [-0.25, -0.2) is 4.98 Å². The van der Waals surface area contributed by atoms with Gasteiger partial charge in [0.1, 0.15) is 18.0 Å². The van der Waals surface area contributed by atoms with Crippen LogP contribution in [0.4, 0.5) is 5.69 Å². The lowest BCUT2D eigenvalue weighted by Gasteiger charge is -2.22. The van der Waals surface area contributed by atoms with E-state index in [0.29, 0.717) is 18.8 Å². The van der Waals surface area contributed by atoms with Crippen LogP contribution in [0, 0.1) is 0 Å². The summed E-state index contributed by atoms with van der Waals surface area (Å²) in [5, 5.41) is 6.34. The third-order valence-electron chi connectivity index (χ3n) is 4.35. The maximum absolute atomic E-state index is 12.3. The molecule has 3 aromatic rings. The van der Waals surface area contributed by atoms with Gasteiger partial charge in [0.15, 0.2) is 0 Å². The van der Waals surface area contributed by atoms with Crippen LogP contribution >= 0.6 is 36.6 Å². The standard InChI is InChI=1S/C20H22N4O2S.2ClH/c25-20(11-16-14-27-9-7-21-16)23-15-4-3-5-18(10-15)26-13-17-12-24-8-2-1-6-19(24)22-17;;/h1-6,8,10,12,16,21H,7,9,11,13-14H2,(H,23,25);2*1H. The summed E-state index contributed by atoms with van der Waals surface area (Å²) in [6.45, 7) is 1.34. The summed E-state index contributed by atoms with van der Waals surface area (Å²) in [4.78, 5) is 16.8. The largest absolute Gasteiger partial charge is 0.487 e. The third kappa shape index (κ3) is 6.54. The van der Waals surface area contributed by atoms with Crippen LogP contribution in [-0.2, 0) is 11.4 Å². The summed E-state index contributed by atoms with van der Waals surface area (Å²) in [7, 11) is 0. The maximum atomic E-state index is 12.3. The van der Waals surface area contributed by atoms with Crippen LogP contribution < -0.4 is 15.4 Å². The molecule has 0 bridgehead atoms. The minimum atomic E-state index is 0. The summed E-state index contributed by atoms with van der Waals surface area (Å²) in [6.07, 6.45) is 4.40. The average molecular weight is 455 g/mol. The lowest BCUT2D eigenvalue weighted by atomic mass is 10.2. The van der Waals surface area contributed by atoms with E-state index < -0.39 is 0 Å². The van der Waals surface area contributed by atoms with Crippen molar-refractivity contribution < 1.29 is 9.53 Å². The zero-order valence-electron chi connectivity index (χ0n) is 15.7. The predicted molar refractivity (Wildman–Crippen MR) is 123 cm³/mol. The van der Waals surface area contributed by atoms with Crippen molar-refractivity contribution in [2.45, 2.75) is 19.1 Å². The van der Waals surface area contributed by atoms with Gasteiger partial charge in [0.25, 0.3) is 0 Å². The van der Waals surface area contributed by atoms with Crippen molar-refractivity contribution in [1.29, 1.82) is 0 Å². The number of hydrogen-bond donors (Lipinski definition) is 2. The summed E-state index contributed by atoms with van der Waals surface area (Å²) < 4.78 is 7.82. The Morgan fingerprint density at radius 3 is 2.97 bits per heavy atom. The zero-order chi connectivity index (χ0) is 18.5. The van der Waals surface area contributed by atoms with Gasteiger partial charge in [-0.05, 0) is 24.3 Å². The van der Waals surface area contributed by atoms with Crippen molar-refractivity contribution in [2.75, 3.05) is 23.4 Å². The number of benzene rings is 1. The molecule has 1 atom stereocenters. The second-order valence-corrected chi connectivity index (χ2v) is 7.64. The summed E-state index contributed by atoms with van der Waals surface area (Å²) in [5.41, 5.74) is 2.50. The van der Waals surface area contributed by atoms with Gasteiger partial charge in [-0.15, -0.1) is 24.8 Å². The fourth-order valence-electron chi connectivity index (χ4n) is 3.06. The molecule has 1 aliphatic rings. The van der Waals surface area contributed by atoms with Crippen molar-refractivity contribution in [2.24, 2.45) is 0 Å². The SMILES string of the molecule is Cl.Cl.O=C(CC1CSCCN1)Nc1cccc(OCc2cn3ccccc3n2)c1. The van der Waals surface area contributed by atoms with Gasteiger partial charge < -0.3 is 19.8 Å². The monoisotopic (exact) mass is 454 g/mol. The number of hydrogen-bond acceptors (Lipinski definition) is 5. The Hall–Kier alpha value is -1.93. The van der Waals surface area contributed by atoms with E-state index in [1.807, 2.05) is 71.0 Å². The Bertz CT molecular complexity index is 898. The smallest absolute Gasteiger partial charge is 0.225 e. The lowest BCUT2D eigenvalue weighted by molar-refractivity contribution is -0.116. The number of carbonyl (C=O) groups excluding carboxylic acids is 1. The van der Waals surface area contributed by atoms with Crippen molar-refractivity contribution in [3.05, 3.63) is 60.6 Å². The van der Waals surface area contributed by atoms with Crippen LogP contribution in [0.25, 0.3) is 5.65 Å². The van der Waals surface area contributed by atoms with Crippen molar-refractivity contribution in [1.82, 2.24) is 14.7 Å². The minimum Gasteiger partial charge on any atom is -0.487 e. The Morgan fingerprint density at radius 1 is 1.28 bits per heavy atom. The van der Waals surface area contributed by atoms with Crippen LogP contribution in [0.5, 0.6) is 5.75 Å². The molecular weight excluding hydrogens is 431 g/mol.